The number of primary amides is 1. The molecule has 2 aromatic rings. The van der Waals surface area contributed by atoms with Crippen molar-refractivity contribution in [2.45, 2.75) is 26.1 Å². The van der Waals surface area contributed by atoms with Crippen LogP contribution < -0.4 is 15.8 Å². The number of benzene rings is 2. The largest absolute Gasteiger partial charge is 0.483 e. The van der Waals surface area contributed by atoms with Gasteiger partial charge in [-0.15, -0.1) is 0 Å². The van der Waals surface area contributed by atoms with Gasteiger partial charge in [-0.2, -0.15) is 0 Å². The minimum atomic E-state index is -0.730. The Morgan fingerprint density at radius 2 is 1.70 bits per heavy atom. The number of hydrogen-bond acceptors (Lipinski definition) is 3. The van der Waals surface area contributed by atoms with Gasteiger partial charge in [0.15, 0.2) is 17.4 Å². The molecule has 0 aliphatic heterocycles. The summed E-state index contributed by atoms with van der Waals surface area (Å²) >= 11 is 0. The van der Waals surface area contributed by atoms with Gasteiger partial charge in [0.2, 0.25) is 5.91 Å². The fourth-order valence-corrected chi connectivity index (χ4v) is 1.90. The maximum absolute atomic E-state index is 13.4. The van der Waals surface area contributed by atoms with Gasteiger partial charge < -0.3 is 15.8 Å². The lowest BCUT2D eigenvalue weighted by Crippen LogP contribution is -2.38. The fourth-order valence-electron chi connectivity index (χ4n) is 1.90. The summed E-state index contributed by atoms with van der Waals surface area (Å²) in [5, 5.41) is 2.99. The molecule has 0 aromatic heterocycles. The molecule has 4 nitrogen and oxygen atoms in total. The number of carbonyl (C=O) groups is 1. The summed E-state index contributed by atoms with van der Waals surface area (Å²) < 4.78 is 32.1. The van der Waals surface area contributed by atoms with Crippen LogP contribution in [0.4, 0.5) is 8.78 Å². The van der Waals surface area contributed by atoms with Crippen LogP contribution in [0.3, 0.4) is 0 Å². The van der Waals surface area contributed by atoms with Crippen molar-refractivity contribution < 1.29 is 18.3 Å². The Morgan fingerprint density at radius 3 is 2.26 bits per heavy atom. The number of rotatable bonds is 7. The summed E-state index contributed by atoms with van der Waals surface area (Å²) in [5.74, 6) is -2.26. The molecule has 0 heterocycles. The van der Waals surface area contributed by atoms with Crippen molar-refractivity contribution in [2.24, 2.45) is 5.73 Å². The van der Waals surface area contributed by atoms with Crippen molar-refractivity contribution >= 4 is 5.91 Å². The predicted octanol–water partition coefficient (Wildman–Crippen LogP) is 2.51. The van der Waals surface area contributed by atoms with E-state index in [0.29, 0.717) is 6.54 Å². The van der Waals surface area contributed by atoms with Crippen molar-refractivity contribution in [3.05, 3.63) is 65.2 Å². The Balaban J connectivity index is 1.91. The van der Waals surface area contributed by atoms with Gasteiger partial charge in [0.05, 0.1) is 6.04 Å². The van der Waals surface area contributed by atoms with Gasteiger partial charge in [-0.1, -0.05) is 30.3 Å². The zero-order valence-corrected chi connectivity index (χ0v) is 12.7. The Morgan fingerprint density at radius 1 is 1.13 bits per heavy atom. The lowest BCUT2D eigenvalue weighted by molar-refractivity contribution is -0.119. The zero-order chi connectivity index (χ0) is 16.8. The Hall–Kier alpha value is -2.47. The summed E-state index contributed by atoms with van der Waals surface area (Å²) in [5.41, 5.74) is 6.90. The molecule has 122 valence electrons. The first-order valence-corrected chi connectivity index (χ1v) is 7.14. The number of nitrogens with one attached hydrogen (secondary N) is 1. The lowest BCUT2D eigenvalue weighted by atomic mass is 10.1. The van der Waals surface area contributed by atoms with E-state index in [0.717, 1.165) is 23.3 Å². The van der Waals surface area contributed by atoms with Crippen molar-refractivity contribution in [1.82, 2.24) is 5.32 Å². The molecular formula is C17H18F2N2O2. The highest BCUT2D eigenvalue weighted by Crippen LogP contribution is 2.22. The van der Waals surface area contributed by atoms with E-state index < -0.39 is 23.6 Å². The van der Waals surface area contributed by atoms with Gasteiger partial charge in [0.1, 0.15) is 6.61 Å². The van der Waals surface area contributed by atoms with Crippen LogP contribution >= 0.6 is 0 Å². The quantitative estimate of drug-likeness (QED) is 0.824. The first kappa shape index (κ1) is 16.9. The smallest absolute Gasteiger partial charge is 0.234 e. The molecule has 3 N–H and O–H groups in total. The third-order valence-electron chi connectivity index (χ3n) is 3.36. The van der Waals surface area contributed by atoms with E-state index in [2.05, 4.69) is 5.32 Å². The molecule has 2 rings (SSSR count). The number of halogens is 2. The normalized spacial score (nSPS) is 12.0. The number of amides is 1. The molecule has 0 spiro atoms. The topological polar surface area (TPSA) is 64.3 Å². The first-order valence-electron chi connectivity index (χ1n) is 7.14. The molecule has 2 aromatic carbocycles. The standard InChI is InChI=1S/C17H18F2N2O2/c1-11(17(20)22)21-9-12-5-7-13(8-6-12)10-23-16-14(18)3-2-4-15(16)19/h2-8,11,21H,9-10H2,1H3,(H2,20,22)/t11-/m1/s1. The Kier molecular flexibility index (Phi) is 5.65. The minimum Gasteiger partial charge on any atom is -0.483 e. The monoisotopic (exact) mass is 320 g/mol. The van der Waals surface area contributed by atoms with Gasteiger partial charge in [0.25, 0.3) is 0 Å². The summed E-state index contributed by atoms with van der Waals surface area (Å²) in [6.45, 7) is 2.24. The molecule has 0 bridgehead atoms. The van der Waals surface area contributed by atoms with Crippen LogP contribution in [0.1, 0.15) is 18.1 Å². The highest BCUT2D eigenvalue weighted by atomic mass is 19.1. The third-order valence-corrected chi connectivity index (χ3v) is 3.36. The van der Waals surface area contributed by atoms with Crippen LogP contribution in [0.15, 0.2) is 42.5 Å². The molecule has 1 amide bonds. The molecule has 23 heavy (non-hydrogen) atoms. The van der Waals surface area contributed by atoms with Gasteiger partial charge in [-0.3, -0.25) is 4.79 Å². The van der Waals surface area contributed by atoms with Crippen LogP contribution in [0.5, 0.6) is 5.75 Å². The Bertz CT molecular complexity index is 655. The van der Waals surface area contributed by atoms with Gasteiger partial charge in [0, 0.05) is 6.54 Å². The number of hydrogen-bond donors (Lipinski definition) is 2. The molecule has 0 radical (unpaired) electrons. The molecule has 0 unspecified atom stereocenters. The first-order chi connectivity index (χ1) is 11.0. The number of ether oxygens (including phenoxy) is 1. The average Bonchev–Trinajstić information content (AvgIpc) is 2.53. The zero-order valence-electron chi connectivity index (χ0n) is 12.7. The molecular weight excluding hydrogens is 302 g/mol. The molecule has 1 atom stereocenters. The van der Waals surface area contributed by atoms with E-state index in [1.54, 1.807) is 19.1 Å². The van der Waals surface area contributed by atoms with Crippen molar-refractivity contribution in [3.63, 3.8) is 0 Å². The molecule has 0 aliphatic rings. The molecule has 0 saturated heterocycles. The summed E-state index contributed by atoms with van der Waals surface area (Å²) in [7, 11) is 0. The van der Waals surface area contributed by atoms with Crippen LogP contribution in [0, 0.1) is 11.6 Å². The van der Waals surface area contributed by atoms with Crippen LogP contribution in [0.25, 0.3) is 0 Å². The highest BCUT2D eigenvalue weighted by molar-refractivity contribution is 5.79. The second-order valence-corrected chi connectivity index (χ2v) is 5.16. The highest BCUT2D eigenvalue weighted by Gasteiger charge is 2.10. The van der Waals surface area contributed by atoms with Crippen molar-refractivity contribution in [2.75, 3.05) is 0 Å². The number of para-hydroxylation sites is 1. The van der Waals surface area contributed by atoms with Crippen LogP contribution in [0.2, 0.25) is 0 Å². The second-order valence-electron chi connectivity index (χ2n) is 5.16. The Labute approximate surface area is 133 Å². The van der Waals surface area contributed by atoms with E-state index in [1.165, 1.54) is 6.07 Å². The minimum absolute atomic E-state index is 0.0588. The van der Waals surface area contributed by atoms with E-state index in [4.69, 9.17) is 10.5 Å². The predicted molar refractivity (Wildman–Crippen MR) is 82.6 cm³/mol. The molecule has 0 fully saturated rings. The van der Waals surface area contributed by atoms with E-state index >= 15 is 0 Å². The third kappa shape index (κ3) is 4.75. The fraction of sp³-hybridized carbons (Fsp3) is 0.235. The van der Waals surface area contributed by atoms with Crippen molar-refractivity contribution in [3.8, 4) is 5.75 Å². The number of carbonyl (C=O) groups excluding carboxylic acids is 1. The van der Waals surface area contributed by atoms with Gasteiger partial charge in [-0.05, 0) is 30.2 Å². The van der Waals surface area contributed by atoms with E-state index in [9.17, 15) is 13.6 Å². The lowest BCUT2D eigenvalue weighted by Gasteiger charge is -2.11. The molecule has 0 aliphatic carbocycles. The second kappa shape index (κ2) is 7.69. The molecule has 6 heteroatoms. The van der Waals surface area contributed by atoms with Crippen LogP contribution in [-0.2, 0) is 17.9 Å². The maximum Gasteiger partial charge on any atom is 0.234 e. The van der Waals surface area contributed by atoms with Gasteiger partial charge >= 0.3 is 0 Å². The number of nitrogens with two attached hydrogens (primary N) is 1. The van der Waals surface area contributed by atoms with Crippen LogP contribution in [-0.4, -0.2) is 11.9 Å². The maximum atomic E-state index is 13.4. The summed E-state index contributed by atoms with van der Waals surface area (Å²) in [6, 6.07) is 10.4. The van der Waals surface area contributed by atoms with E-state index in [1.807, 2.05) is 12.1 Å². The summed E-state index contributed by atoms with van der Waals surface area (Å²) in [6.07, 6.45) is 0. The molecule has 0 saturated carbocycles. The van der Waals surface area contributed by atoms with Crippen molar-refractivity contribution in [1.29, 1.82) is 0 Å². The summed E-state index contributed by atoms with van der Waals surface area (Å²) in [4.78, 5) is 10.9. The van der Waals surface area contributed by atoms with E-state index in [-0.39, 0.29) is 12.4 Å². The average molecular weight is 320 g/mol. The SMILES string of the molecule is C[C@@H](NCc1ccc(COc2c(F)cccc2F)cc1)C(N)=O. The van der Waals surface area contributed by atoms with Gasteiger partial charge in [-0.25, -0.2) is 8.78 Å².